The summed E-state index contributed by atoms with van der Waals surface area (Å²) in [5.41, 5.74) is 0.598. The predicted molar refractivity (Wildman–Crippen MR) is 132 cm³/mol. The summed E-state index contributed by atoms with van der Waals surface area (Å²) < 4.78 is 1.64. The van der Waals surface area contributed by atoms with Crippen LogP contribution in [0.5, 0.6) is 0 Å². The zero-order valence-corrected chi connectivity index (χ0v) is 20.0. The summed E-state index contributed by atoms with van der Waals surface area (Å²) in [6.07, 6.45) is 11.1. The molecule has 1 heterocycles. The Morgan fingerprint density at radius 2 is 1.76 bits per heavy atom. The number of nitrogens with one attached hydrogen (secondary N) is 1. The second kappa shape index (κ2) is 9.25. The second-order valence-electron chi connectivity index (χ2n) is 11.5. The number of amides is 1. The molecule has 178 valence electrons. The summed E-state index contributed by atoms with van der Waals surface area (Å²) in [5.74, 6) is 4.46. The molecule has 3 aliphatic rings. The topological polar surface area (TPSA) is 71.3 Å². The zero-order chi connectivity index (χ0) is 23.1. The highest BCUT2D eigenvalue weighted by molar-refractivity contribution is 6.01. The Morgan fingerprint density at radius 3 is 2.48 bits per heavy atom. The Morgan fingerprint density at radius 1 is 1.03 bits per heavy atom. The molecule has 1 aromatic carbocycles. The van der Waals surface area contributed by atoms with Gasteiger partial charge in [-0.15, -0.1) is 0 Å². The summed E-state index contributed by atoms with van der Waals surface area (Å²) in [5, 5.41) is 14.3. The molecule has 33 heavy (non-hydrogen) atoms. The predicted octanol–water partition coefficient (Wildman–Crippen LogP) is 5.37. The van der Waals surface area contributed by atoms with Crippen molar-refractivity contribution < 1.29 is 9.90 Å². The molecule has 6 unspecified atom stereocenters. The van der Waals surface area contributed by atoms with Crippen molar-refractivity contribution in [1.82, 2.24) is 4.57 Å². The van der Waals surface area contributed by atoms with Crippen LogP contribution in [0.1, 0.15) is 71.3 Å². The van der Waals surface area contributed by atoms with Crippen LogP contribution < -0.4 is 10.9 Å². The normalized spacial score (nSPS) is 29.4. The lowest BCUT2D eigenvalue weighted by Gasteiger charge is -2.28. The van der Waals surface area contributed by atoms with Gasteiger partial charge < -0.3 is 15.0 Å². The first kappa shape index (κ1) is 22.6. The molecule has 2 aromatic rings. The summed E-state index contributed by atoms with van der Waals surface area (Å²) in [4.78, 5) is 26.2. The summed E-state index contributed by atoms with van der Waals surface area (Å²) in [6, 6.07) is 7.20. The largest absolute Gasteiger partial charge is 0.394 e. The van der Waals surface area contributed by atoms with Crippen LogP contribution in [0.15, 0.2) is 35.3 Å². The molecule has 1 amide bonds. The van der Waals surface area contributed by atoms with E-state index >= 15 is 0 Å². The fourth-order valence-corrected chi connectivity index (χ4v) is 7.43. The minimum absolute atomic E-state index is 0.0645. The van der Waals surface area contributed by atoms with Gasteiger partial charge >= 0.3 is 0 Å². The monoisotopic (exact) mass is 450 g/mol. The number of nitrogens with zero attached hydrogens (tertiary/aromatic N) is 1. The lowest BCUT2D eigenvalue weighted by molar-refractivity contribution is -0.117. The number of carbonyl (C=O) groups is 1. The number of hydrogen-bond acceptors (Lipinski definition) is 3. The van der Waals surface area contributed by atoms with Gasteiger partial charge in [0, 0.05) is 29.1 Å². The molecule has 6 atom stereocenters. The number of aliphatic hydroxyl groups is 1. The van der Waals surface area contributed by atoms with Gasteiger partial charge in [0.25, 0.3) is 5.56 Å². The van der Waals surface area contributed by atoms with Gasteiger partial charge in [-0.2, -0.15) is 0 Å². The van der Waals surface area contributed by atoms with Crippen molar-refractivity contribution >= 4 is 22.4 Å². The average molecular weight is 451 g/mol. The highest BCUT2D eigenvalue weighted by Gasteiger charge is 2.44. The van der Waals surface area contributed by atoms with E-state index in [9.17, 15) is 14.7 Å². The van der Waals surface area contributed by atoms with E-state index in [0.717, 1.165) is 35.5 Å². The molecule has 3 fully saturated rings. The van der Waals surface area contributed by atoms with E-state index in [0.29, 0.717) is 29.3 Å². The van der Waals surface area contributed by atoms with Crippen molar-refractivity contribution in [3.8, 4) is 0 Å². The number of fused-ring (bicyclic) bond motifs is 3. The van der Waals surface area contributed by atoms with E-state index < -0.39 is 0 Å². The molecular weight excluding hydrogens is 412 g/mol. The Balaban J connectivity index is 1.32. The van der Waals surface area contributed by atoms with E-state index in [-0.39, 0.29) is 24.1 Å². The second-order valence-corrected chi connectivity index (χ2v) is 11.5. The SMILES string of the molecule is CC(C)CC(CO)n1ccc2c(NC(=O)CC3CC4CC5CC(C3)C(C4)C5)cccc2c1=O. The Hall–Kier alpha value is -2.14. The molecule has 0 spiro atoms. The van der Waals surface area contributed by atoms with Crippen molar-refractivity contribution in [2.24, 2.45) is 35.5 Å². The van der Waals surface area contributed by atoms with Crippen LogP contribution in [-0.4, -0.2) is 22.2 Å². The molecular formula is C28H38N2O3. The third-order valence-electron chi connectivity index (χ3n) is 8.61. The minimum atomic E-state index is -0.235. The van der Waals surface area contributed by atoms with Gasteiger partial charge in [-0.05, 0) is 98.7 Å². The van der Waals surface area contributed by atoms with Gasteiger partial charge in [0.15, 0.2) is 0 Å². The van der Waals surface area contributed by atoms with E-state index in [4.69, 9.17) is 0 Å². The Bertz CT molecular complexity index is 1070. The van der Waals surface area contributed by atoms with Crippen molar-refractivity contribution in [3.63, 3.8) is 0 Å². The van der Waals surface area contributed by atoms with E-state index in [2.05, 4.69) is 19.2 Å². The maximum absolute atomic E-state index is 13.2. The smallest absolute Gasteiger partial charge is 0.258 e. The first-order chi connectivity index (χ1) is 15.9. The van der Waals surface area contributed by atoms with Crippen LogP contribution >= 0.6 is 0 Å². The Labute approximate surface area is 196 Å². The number of aromatic nitrogens is 1. The molecule has 5 heteroatoms. The van der Waals surface area contributed by atoms with Crippen molar-refractivity contribution in [2.75, 3.05) is 11.9 Å². The number of benzene rings is 1. The first-order valence-corrected chi connectivity index (χ1v) is 13.0. The lowest BCUT2D eigenvalue weighted by atomic mass is 9.78. The van der Waals surface area contributed by atoms with Crippen molar-refractivity contribution in [3.05, 3.63) is 40.8 Å². The molecule has 1 aromatic heterocycles. The van der Waals surface area contributed by atoms with E-state index in [1.807, 2.05) is 24.3 Å². The molecule has 0 radical (unpaired) electrons. The summed E-state index contributed by atoms with van der Waals surface area (Å²) in [6.45, 7) is 4.12. The Kier molecular flexibility index (Phi) is 6.34. The maximum atomic E-state index is 13.2. The number of aliphatic hydroxyl groups excluding tert-OH is 1. The number of anilines is 1. The van der Waals surface area contributed by atoms with Crippen LogP contribution in [-0.2, 0) is 4.79 Å². The fourth-order valence-electron chi connectivity index (χ4n) is 7.43. The standard InChI is InChI=1S/C28H38N2O3/c1-17(2)8-23(16-31)30-7-6-24-25(28(30)33)4-3-5-26(24)29-27(32)15-20-10-18-9-19-12-21(11-18)22(13-19)14-20/h3-7,17-23,31H,8-16H2,1-2H3,(H,29,32). The molecule has 5 rings (SSSR count). The molecule has 2 N–H and O–H groups in total. The van der Waals surface area contributed by atoms with Gasteiger partial charge in [0.2, 0.25) is 5.91 Å². The molecule has 3 bridgehead atoms. The summed E-state index contributed by atoms with van der Waals surface area (Å²) >= 11 is 0. The molecule has 0 saturated heterocycles. The van der Waals surface area contributed by atoms with Gasteiger partial charge in [-0.1, -0.05) is 19.9 Å². The lowest BCUT2D eigenvalue weighted by Crippen LogP contribution is -2.27. The first-order valence-electron chi connectivity index (χ1n) is 13.0. The molecule has 0 aliphatic heterocycles. The van der Waals surface area contributed by atoms with E-state index in [1.165, 1.54) is 38.5 Å². The van der Waals surface area contributed by atoms with Gasteiger partial charge in [0.05, 0.1) is 12.6 Å². The maximum Gasteiger partial charge on any atom is 0.258 e. The quantitative estimate of drug-likeness (QED) is 0.596. The number of hydrogen-bond donors (Lipinski definition) is 2. The minimum Gasteiger partial charge on any atom is -0.394 e. The highest BCUT2D eigenvalue weighted by Crippen LogP contribution is 2.55. The third-order valence-corrected chi connectivity index (χ3v) is 8.61. The highest BCUT2D eigenvalue weighted by atomic mass is 16.3. The average Bonchev–Trinajstić information content (AvgIpc) is 2.98. The van der Waals surface area contributed by atoms with Crippen molar-refractivity contribution in [1.29, 1.82) is 0 Å². The number of pyridine rings is 1. The van der Waals surface area contributed by atoms with Crippen LogP contribution in [0.2, 0.25) is 0 Å². The van der Waals surface area contributed by atoms with Crippen LogP contribution in [0.25, 0.3) is 10.8 Å². The van der Waals surface area contributed by atoms with Crippen LogP contribution in [0, 0.1) is 35.5 Å². The molecule has 3 saturated carbocycles. The molecule has 5 nitrogen and oxygen atoms in total. The number of carbonyl (C=O) groups excluding carboxylic acids is 1. The van der Waals surface area contributed by atoms with E-state index in [1.54, 1.807) is 10.8 Å². The fraction of sp³-hybridized carbons (Fsp3) is 0.643. The van der Waals surface area contributed by atoms with Gasteiger partial charge in [-0.25, -0.2) is 0 Å². The van der Waals surface area contributed by atoms with Crippen LogP contribution in [0.4, 0.5) is 5.69 Å². The van der Waals surface area contributed by atoms with Gasteiger partial charge in [0.1, 0.15) is 0 Å². The van der Waals surface area contributed by atoms with Crippen molar-refractivity contribution in [2.45, 2.75) is 71.3 Å². The third kappa shape index (κ3) is 4.62. The molecule has 3 aliphatic carbocycles. The summed E-state index contributed by atoms with van der Waals surface area (Å²) in [7, 11) is 0. The zero-order valence-electron chi connectivity index (χ0n) is 20.0. The van der Waals surface area contributed by atoms with Gasteiger partial charge in [-0.3, -0.25) is 9.59 Å². The van der Waals surface area contributed by atoms with Crippen LogP contribution in [0.3, 0.4) is 0 Å². The number of rotatable bonds is 7.